The van der Waals surface area contributed by atoms with Gasteiger partial charge in [-0.05, 0) is 18.2 Å². The molecule has 3 rings (SSSR count). The molecule has 0 unspecified atom stereocenters. The van der Waals surface area contributed by atoms with Crippen LogP contribution in [0.3, 0.4) is 0 Å². The molecule has 146 valence electrons. The molecule has 28 heavy (non-hydrogen) atoms. The highest BCUT2D eigenvalue weighted by Gasteiger charge is 2.00. The van der Waals surface area contributed by atoms with Crippen molar-refractivity contribution in [2.24, 2.45) is 0 Å². The number of hydrogen-bond donors (Lipinski definition) is 0. The van der Waals surface area contributed by atoms with Crippen LogP contribution < -0.4 is 14.2 Å². The molecule has 0 saturated carbocycles. The van der Waals surface area contributed by atoms with Crippen LogP contribution in [0.25, 0.3) is 15.3 Å². The Morgan fingerprint density at radius 1 is 0.500 bits per heavy atom. The number of rotatable bonds is 9. The second-order valence-corrected chi connectivity index (χ2v) is 6.92. The van der Waals surface area contributed by atoms with Gasteiger partial charge >= 0.3 is 0 Å². The lowest BCUT2D eigenvalue weighted by molar-refractivity contribution is 0.417. The number of hydrogen-bond acceptors (Lipinski definition) is 3. The van der Waals surface area contributed by atoms with Gasteiger partial charge in [0.15, 0.2) is 0 Å². The quantitative estimate of drug-likeness (QED) is 0.363. The van der Waals surface area contributed by atoms with Gasteiger partial charge in [-0.25, -0.2) is 0 Å². The van der Waals surface area contributed by atoms with Gasteiger partial charge in [0.25, 0.3) is 0 Å². The molecule has 0 spiro atoms. The summed E-state index contributed by atoms with van der Waals surface area (Å²) < 4.78 is 16.3. The average Bonchev–Trinajstić information content (AvgIpc) is 2.75. The average molecular weight is 395 g/mol. The van der Waals surface area contributed by atoms with Crippen LogP contribution >= 0.6 is 8.37 Å². The van der Waals surface area contributed by atoms with Crippen molar-refractivity contribution in [3.63, 3.8) is 0 Å². The van der Waals surface area contributed by atoms with Crippen LogP contribution in [0.2, 0.25) is 0 Å². The first-order valence-electron chi connectivity index (χ1n) is 8.66. The first-order valence-corrected chi connectivity index (χ1v) is 10.0. The Kier molecular flexibility index (Phi) is 6.82. The fourth-order valence-corrected chi connectivity index (χ4v) is 3.92. The molecule has 0 heterocycles. The Labute approximate surface area is 166 Å². The van der Waals surface area contributed by atoms with Crippen molar-refractivity contribution in [3.05, 3.63) is 88.1 Å². The predicted molar refractivity (Wildman–Crippen MR) is 116 cm³/mol. The van der Waals surface area contributed by atoms with E-state index in [-0.39, 0.29) is 0 Å². The Bertz CT molecular complexity index is 790. The van der Waals surface area contributed by atoms with E-state index >= 15 is 0 Å². The van der Waals surface area contributed by atoms with Crippen molar-refractivity contribution in [2.45, 2.75) is 0 Å². The molecule has 0 N–H and O–H groups in total. The summed E-state index contributed by atoms with van der Waals surface area (Å²) in [6.45, 7) is 0. The van der Waals surface area contributed by atoms with E-state index in [1.54, 1.807) is 21.3 Å². The topological polar surface area (TPSA) is 70.0 Å². The van der Waals surface area contributed by atoms with Crippen molar-refractivity contribution in [1.29, 1.82) is 0 Å². The first kappa shape index (κ1) is 19.6. The van der Waals surface area contributed by atoms with E-state index < -0.39 is 8.37 Å². The van der Waals surface area contributed by atoms with Crippen LogP contribution in [0.5, 0.6) is 17.2 Å². The standard InChI is InChI=1S/C21H22N3O3P/c1-25-19-13-7-4-10-16(19)22-28(23-17-11-5-8-14-20(17)26-2)24-18-12-6-9-15-21(18)27-3/h4-15,28H,1-3H3/q-2. The number of nitrogens with zero attached hydrogens (tertiary/aromatic N) is 3. The third-order valence-corrected chi connectivity index (χ3v) is 5.24. The summed E-state index contributed by atoms with van der Waals surface area (Å²) in [7, 11) is 2.90. The lowest BCUT2D eigenvalue weighted by atomic mass is 10.3. The molecule has 0 bridgehead atoms. The molecule has 0 amide bonds. The van der Waals surface area contributed by atoms with Crippen molar-refractivity contribution in [1.82, 2.24) is 0 Å². The highest BCUT2D eigenvalue weighted by Crippen LogP contribution is 2.67. The molecule has 0 radical (unpaired) electrons. The molecule has 3 aromatic carbocycles. The van der Waals surface area contributed by atoms with Crippen LogP contribution in [0, 0.1) is 0 Å². The van der Waals surface area contributed by atoms with E-state index in [2.05, 4.69) is 0 Å². The van der Waals surface area contributed by atoms with Gasteiger partial charge in [0, 0.05) is 0 Å². The van der Waals surface area contributed by atoms with Gasteiger partial charge in [-0.1, -0.05) is 71.7 Å². The molecule has 0 aliphatic heterocycles. The smallest absolute Gasteiger partial charge is 0.106 e. The normalized spacial score (nSPS) is 10.3. The summed E-state index contributed by atoms with van der Waals surface area (Å²) in [5.74, 6) is 2.03. The third kappa shape index (κ3) is 4.78. The minimum absolute atomic E-state index is 0.676. The van der Waals surface area contributed by atoms with Crippen LogP contribution in [-0.4, -0.2) is 21.3 Å². The van der Waals surface area contributed by atoms with Crippen LogP contribution in [0.1, 0.15) is 0 Å². The molecule has 0 fully saturated rings. The highest BCUT2D eigenvalue weighted by molar-refractivity contribution is 7.67. The molecule has 0 aliphatic carbocycles. The van der Waals surface area contributed by atoms with Crippen LogP contribution in [0.4, 0.5) is 17.1 Å². The van der Waals surface area contributed by atoms with Gasteiger partial charge < -0.3 is 29.5 Å². The fraction of sp³-hybridized carbons (Fsp3) is 0.143. The molecule has 0 saturated heterocycles. The molecular formula is C21H22N3O3P-2. The summed E-state index contributed by atoms with van der Waals surface area (Å²) in [5.41, 5.74) is 2.11. The van der Waals surface area contributed by atoms with Gasteiger partial charge in [-0.15, -0.1) is 0 Å². The lowest BCUT2D eigenvalue weighted by Crippen LogP contribution is -1.86. The van der Waals surface area contributed by atoms with Crippen LogP contribution in [-0.2, 0) is 0 Å². The zero-order valence-electron chi connectivity index (χ0n) is 16.0. The predicted octanol–water partition coefficient (Wildman–Crippen LogP) is 7.09. The SMILES string of the molecule is COc1ccccc1[N-][PH+]([N-]c1ccccc1OC)[N-]c1ccccc1OC. The number of para-hydroxylation sites is 6. The molecule has 0 atom stereocenters. The molecule has 6 nitrogen and oxygen atoms in total. The first-order chi connectivity index (χ1) is 13.7. The summed E-state index contributed by atoms with van der Waals surface area (Å²) >= 11 is 0. The number of methoxy groups -OCH3 is 3. The highest BCUT2D eigenvalue weighted by atomic mass is 31.1. The maximum Gasteiger partial charge on any atom is 0.106 e. The Balaban J connectivity index is 1.91. The van der Waals surface area contributed by atoms with E-state index in [4.69, 9.17) is 29.5 Å². The Morgan fingerprint density at radius 3 is 1.07 bits per heavy atom. The van der Waals surface area contributed by atoms with Gasteiger partial charge in [-0.2, -0.15) is 8.37 Å². The summed E-state index contributed by atoms with van der Waals surface area (Å²) in [6, 6.07) is 22.7. The van der Waals surface area contributed by atoms with Crippen LogP contribution in [0.15, 0.2) is 72.8 Å². The molecular weight excluding hydrogens is 373 g/mol. The summed E-state index contributed by atoms with van der Waals surface area (Å²) in [5, 5.41) is 14.4. The minimum Gasteiger partial charge on any atom is -0.538 e. The van der Waals surface area contributed by atoms with Crippen molar-refractivity contribution in [2.75, 3.05) is 21.3 Å². The van der Waals surface area contributed by atoms with E-state index in [0.29, 0.717) is 34.3 Å². The Morgan fingerprint density at radius 2 is 0.786 bits per heavy atom. The fourth-order valence-electron chi connectivity index (χ4n) is 2.56. The lowest BCUT2D eigenvalue weighted by Gasteiger charge is -2.46. The van der Waals surface area contributed by atoms with Gasteiger partial charge in [0.05, 0.1) is 21.3 Å². The van der Waals surface area contributed by atoms with E-state index in [0.717, 1.165) is 0 Å². The van der Waals surface area contributed by atoms with Gasteiger partial charge in [0.2, 0.25) is 0 Å². The number of ether oxygens (including phenoxy) is 3. The monoisotopic (exact) mass is 395 g/mol. The molecule has 0 aliphatic rings. The van der Waals surface area contributed by atoms with E-state index in [1.165, 1.54) is 0 Å². The molecule has 3 aromatic rings. The summed E-state index contributed by atoms with van der Waals surface area (Å²) in [6.07, 6.45) is 0. The van der Waals surface area contributed by atoms with Crippen molar-refractivity contribution in [3.8, 4) is 17.2 Å². The van der Waals surface area contributed by atoms with Gasteiger partial charge in [0.1, 0.15) is 17.2 Å². The van der Waals surface area contributed by atoms with Gasteiger partial charge in [-0.3, -0.25) is 0 Å². The van der Waals surface area contributed by atoms with E-state index in [9.17, 15) is 0 Å². The minimum atomic E-state index is -1.96. The zero-order valence-corrected chi connectivity index (χ0v) is 17.0. The van der Waals surface area contributed by atoms with Crippen molar-refractivity contribution >= 4 is 25.4 Å². The largest absolute Gasteiger partial charge is 0.538 e. The van der Waals surface area contributed by atoms with E-state index in [1.807, 2.05) is 72.8 Å². The molecule has 7 heteroatoms. The second-order valence-electron chi connectivity index (χ2n) is 5.65. The number of benzene rings is 3. The summed E-state index contributed by atoms with van der Waals surface area (Å²) in [4.78, 5) is 0. The second kappa shape index (κ2) is 9.72. The molecule has 0 aromatic heterocycles. The zero-order chi connectivity index (χ0) is 19.8. The third-order valence-electron chi connectivity index (χ3n) is 3.92. The maximum atomic E-state index is 5.43. The Hall–Kier alpha value is -3.11. The van der Waals surface area contributed by atoms with Crippen molar-refractivity contribution < 1.29 is 14.2 Å². The maximum absolute atomic E-state index is 5.43.